The molecule has 0 aromatic heterocycles. The van der Waals surface area contributed by atoms with Crippen LogP contribution in [0.4, 0.5) is 0 Å². The Bertz CT molecular complexity index is 232. The molecule has 18 heavy (non-hydrogen) atoms. The van der Waals surface area contributed by atoms with Crippen molar-refractivity contribution in [2.24, 2.45) is 0 Å². The van der Waals surface area contributed by atoms with Crippen molar-refractivity contribution in [2.45, 2.75) is 19.3 Å². The van der Waals surface area contributed by atoms with Gasteiger partial charge in [0.25, 0.3) is 0 Å². The number of hydrogen-bond donors (Lipinski definition) is 0. The molecule has 0 atom stereocenters. The van der Waals surface area contributed by atoms with Crippen molar-refractivity contribution in [3.05, 3.63) is 87.8 Å². The molecule has 0 radical (unpaired) electrons. The molecule has 0 amide bonds. The summed E-state index contributed by atoms with van der Waals surface area (Å²) >= 11 is 0. The van der Waals surface area contributed by atoms with Crippen molar-refractivity contribution in [3.63, 3.8) is 0 Å². The van der Waals surface area contributed by atoms with E-state index in [9.17, 15) is 0 Å². The van der Waals surface area contributed by atoms with Gasteiger partial charge in [0.05, 0.1) is 0 Å². The van der Waals surface area contributed by atoms with Crippen LogP contribution in [0.15, 0.2) is 54.7 Å². The van der Waals surface area contributed by atoms with E-state index in [4.69, 9.17) is 0 Å². The van der Waals surface area contributed by atoms with Crippen molar-refractivity contribution in [1.82, 2.24) is 0 Å². The van der Waals surface area contributed by atoms with Gasteiger partial charge in [0, 0.05) is 26.2 Å². The monoisotopic (exact) mass is 315 g/mol. The number of hydrogen-bond acceptors (Lipinski definition) is 0. The van der Waals surface area contributed by atoms with Crippen molar-refractivity contribution in [2.75, 3.05) is 0 Å². The van der Waals surface area contributed by atoms with Gasteiger partial charge in [-0.25, -0.2) is 36.5 Å². The van der Waals surface area contributed by atoms with E-state index in [0.29, 0.717) is 0 Å². The molecule has 0 N–H and O–H groups in total. The average molecular weight is 317 g/mol. The van der Waals surface area contributed by atoms with Crippen molar-refractivity contribution in [1.29, 1.82) is 0 Å². The van der Waals surface area contributed by atoms with Crippen molar-refractivity contribution in [3.8, 4) is 0 Å². The van der Waals surface area contributed by atoms with Crippen LogP contribution in [0.1, 0.15) is 19.3 Å². The van der Waals surface area contributed by atoms with E-state index < -0.39 is 0 Å². The van der Waals surface area contributed by atoms with Crippen LogP contribution in [0.5, 0.6) is 0 Å². The molecule has 3 aliphatic carbocycles. The minimum Gasteiger partial charge on any atom is -0.358 e. The number of allylic oxidation sites excluding steroid dienone is 12. The van der Waals surface area contributed by atoms with Gasteiger partial charge in [-0.15, -0.1) is 19.3 Å². The van der Waals surface area contributed by atoms with Gasteiger partial charge in [-0.3, -0.25) is 18.2 Å². The topological polar surface area (TPSA) is 0 Å². The van der Waals surface area contributed by atoms with Gasteiger partial charge in [-0.2, -0.15) is 18.2 Å². The SMILES string of the molecule is [C-]1=CC=CC1.[C-]1=CC=CC1.[C-]1=CC=CC1.[CH3-].[CH3-].[Zr]. The summed E-state index contributed by atoms with van der Waals surface area (Å²) in [5.41, 5.74) is 0. The normalized spacial score (nSPS) is 14.7. The molecule has 0 fully saturated rings. The molecule has 0 bridgehead atoms. The summed E-state index contributed by atoms with van der Waals surface area (Å²) < 4.78 is 0. The Kier molecular flexibility index (Phi) is 23.4. The van der Waals surface area contributed by atoms with E-state index in [1.54, 1.807) is 0 Å². The van der Waals surface area contributed by atoms with Gasteiger partial charge in [0.15, 0.2) is 0 Å². The van der Waals surface area contributed by atoms with Gasteiger partial charge in [0.2, 0.25) is 0 Å². The fraction of sp³-hybridized carbons (Fsp3) is 0.176. The van der Waals surface area contributed by atoms with Crippen LogP contribution < -0.4 is 0 Å². The zero-order valence-electron chi connectivity index (χ0n) is 11.3. The third-order valence-electron chi connectivity index (χ3n) is 1.76. The summed E-state index contributed by atoms with van der Waals surface area (Å²) in [5, 5.41) is 0. The summed E-state index contributed by atoms with van der Waals surface area (Å²) in [5.74, 6) is 0. The standard InChI is InChI=1S/3C5H5.2CH3.Zr/c3*1-2-4-5-3-1;;;/h3*1-3H,4H2;2*1H3;/q5*-1;. The summed E-state index contributed by atoms with van der Waals surface area (Å²) in [4.78, 5) is 0. The van der Waals surface area contributed by atoms with Crippen LogP contribution in [0.3, 0.4) is 0 Å². The molecule has 0 saturated carbocycles. The zero-order valence-corrected chi connectivity index (χ0v) is 13.8. The van der Waals surface area contributed by atoms with E-state index in [1.165, 1.54) is 0 Å². The molecule has 0 aromatic carbocycles. The Labute approximate surface area is 133 Å². The molecule has 0 unspecified atom stereocenters. The maximum Gasteiger partial charge on any atom is 0 e. The Balaban J connectivity index is -0.000000173. The second kappa shape index (κ2) is 18.7. The molecule has 0 spiro atoms. The minimum atomic E-state index is 0. The first kappa shape index (κ1) is 22.5. The molecule has 3 rings (SSSR count). The summed E-state index contributed by atoms with van der Waals surface area (Å²) in [6.45, 7) is 0. The predicted molar refractivity (Wildman–Crippen MR) is 77.5 cm³/mol. The van der Waals surface area contributed by atoms with E-state index in [-0.39, 0.29) is 41.1 Å². The van der Waals surface area contributed by atoms with Crippen LogP contribution in [0.2, 0.25) is 0 Å². The van der Waals surface area contributed by atoms with Gasteiger partial charge in [-0.05, 0) is 0 Å². The first-order chi connectivity index (χ1) is 7.50. The van der Waals surface area contributed by atoms with Crippen LogP contribution >= 0.6 is 0 Å². The second-order valence-electron chi connectivity index (χ2n) is 3.01. The van der Waals surface area contributed by atoms with Gasteiger partial charge in [-0.1, -0.05) is 0 Å². The quantitative estimate of drug-likeness (QED) is 0.562. The fourth-order valence-corrected chi connectivity index (χ4v) is 1.02. The molecule has 0 saturated heterocycles. The number of rotatable bonds is 0. The van der Waals surface area contributed by atoms with Crippen molar-refractivity contribution >= 4 is 0 Å². The first-order valence-corrected chi connectivity index (χ1v) is 5.15. The van der Waals surface area contributed by atoms with Crippen LogP contribution in [-0.4, -0.2) is 0 Å². The molecule has 98 valence electrons. The van der Waals surface area contributed by atoms with Crippen LogP contribution in [0.25, 0.3) is 0 Å². The molecule has 0 aliphatic heterocycles. The molecular formula is C17H21Zr-5. The molecular weight excluding hydrogens is 295 g/mol. The maximum atomic E-state index is 2.99. The van der Waals surface area contributed by atoms with E-state index in [2.05, 4.69) is 36.5 Å². The van der Waals surface area contributed by atoms with Crippen molar-refractivity contribution < 1.29 is 26.2 Å². The summed E-state index contributed by atoms with van der Waals surface area (Å²) in [7, 11) is 0. The Morgan fingerprint density at radius 2 is 0.833 bits per heavy atom. The summed E-state index contributed by atoms with van der Waals surface area (Å²) in [6.07, 6.45) is 30.0. The largest absolute Gasteiger partial charge is 0.358 e. The zero-order chi connectivity index (χ0) is 10.6. The van der Waals surface area contributed by atoms with E-state index in [1.807, 2.05) is 36.5 Å². The predicted octanol–water partition coefficient (Wildman–Crippen LogP) is 4.82. The average Bonchev–Trinajstić information content (AvgIpc) is 3.09. The van der Waals surface area contributed by atoms with E-state index >= 15 is 0 Å². The Morgan fingerprint density at radius 3 is 0.889 bits per heavy atom. The van der Waals surface area contributed by atoms with Crippen LogP contribution in [0, 0.1) is 33.1 Å². The molecule has 1 heteroatoms. The first-order valence-electron chi connectivity index (χ1n) is 5.15. The smallest absolute Gasteiger partial charge is 0 e. The van der Waals surface area contributed by atoms with Crippen LogP contribution in [-0.2, 0) is 26.2 Å². The van der Waals surface area contributed by atoms with Gasteiger partial charge >= 0.3 is 0 Å². The van der Waals surface area contributed by atoms with Gasteiger partial charge < -0.3 is 14.9 Å². The minimum absolute atomic E-state index is 0. The Hall–Kier alpha value is -0.677. The molecule has 3 aliphatic rings. The van der Waals surface area contributed by atoms with E-state index in [0.717, 1.165) is 19.3 Å². The van der Waals surface area contributed by atoms with Gasteiger partial charge in [0.1, 0.15) is 0 Å². The third-order valence-corrected chi connectivity index (χ3v) is 1.76. The maximum absolute atomic E-state index is 2.99. The summed E-state index contributed by atoms with van der Waals surface area (Å²) in [6, 6.07) is 0. The molecule has 0 aromatic rings. The third kappa shape index (κ3) is 15.3. The fourth-order valence-electron chi connectivity index (χ4n) is 1.02. The molecule has 0 nitrogen and oxygen atoms in total. The second-order valence-corrected chi connectivity index (χ2v) is 3.01. The molecule has 0 heterocycles. The Morgan fingerprint density at radius 1 is 0.556 bits per heavy atom.